The van der Waals surface area contributed by atoms with Crippen molar-refractivity contribution in [2.24, 2.45) is 0 Å². The Balaban J connectivity index is 2.00. The van der Waals surface area contributed by atoms with E-state index in [4.69, 9.17) is 9.47 Å². The first-order valence-electron chi connectivity index (χ1n) is 7.17. The van der Waals surface area contributed by atoms with E-state index in [1.54, 1.807) is 31.4 Å². The van der Waals surface area contributed by atoms with Crippen molar-refractivity contribution in [1.82, 2.24) is 0 Å². The predicted molar refractivity (Wildman–Crippen MR) is 84.7 cm³/mol. The van der Waals surface area contributed by atoms with E-state index in [-0.39, 0.29) is 0 Å². The van der Waals surface area contributed by atoms with Gasteiger partial charge in [0.2, 0.25) is 0 Å². The number of rotatable bonds is 7. The van der Waals surface area contributed by atoms with Crippen molar-refractivity contribution in [3.05, 3.63) is 59.7 Å². The summed E-state index contributed by atoms with van der Waals surface area (Å²) in [5.74, 6) is 0.0684. The molecule has 4 heteroatoms. The predicted octanol–water partition coefficient (Wildman–Crippen LogP) is 3.64. The van der Waals surface area contributed by atoms with Crippen LogP contribution in [0.2, 0.25) is 0 Å². The second-order valence-corrected chi connectivity index (χ2v) is 5.07. The van der Waals surface area contributed by atoms with E-state index in [0.717, 1.165) is 16.9 Å². The first-order chi connectivity index (χ1) is 10.6. The van der Waals surface area contributed by atoms with Crippen molar-refractivity contribution in [2.75, 3.05) is 13.7 Å². The molecule has 0 aliphatic heterocycles. The molecule has 116 valence electrons. The largest absolute Gasteiger partial charge is 0.497 e. The Bertz CT molecular complexity index is 619. The molecule has 0 bridgehead atoms. The van der Waals surface area contributed by atoms with E-state index in [2.05, 4.69) is 0 Å². The van der Waals surface area contributed by atoms with Crippen molar-refractivity contribution >= 4 is 5.97 Å². The SMILES string of the molecule is COc1ccc(C(CCOc2ccccc2C)C(=O)O)cc1. The second-order valence-electron chi connectivity index (χ2n) is 5.07. The van der Waals surface area contributed by atoms with Crippen LogP contribution in [0.5, 0.6) is 11.5 Å². The molecule has 0 spiro atoms. The molecule has 0 saturated carbocycles. The third-order valence-corrected chi connectivity index (χ3v) is 3.57. The number of aliphatic carboxylic acids is 1. The van der Waals surface area contributed by atoms with E-state index in [1.807, 2.05) is 31.2 Å². The molecule has 0 amide bonds. The smallest absolute Gasteiger partial charge is 0.311 e. The topological polar surface area (TPSA) is 55.8 Å². The van der Waals surface area contributed by atoms with Gasteiger partial charge in [0.05, 0.1) is 19.6 Å². The molecule has 1 N–H and O–H groups in total. The van der Waals surface area contributed by atoms with Crippen LogP contribution in [0.1, 0.15) is 23.5 Å². The monoisotopic (exact) mass is 300 g/mol. The van der Waals surface area contributed by atoms with E-state index < -0.39 is 11.9 Å². The number of carboxylic acids is 1. The number of para-hydroxylation sites is 1. The molecule has 2 aromatic carbocycles. The van der Waals surface area contributed by atoms with E-state index in [0.29, 0.717) is 18.8 Å². The lowest BCUT2D eigenvalue weighted by Crippen LogP contribution is -2.15. The van der Waals surface area contributed by atoms with Crippen LogP contribution < -0.4 is 9.47 Å². The fraction of sp³-hybridized carbons (Fsp3) is 0.278. The van der Waals surface area contributed by atoms with Crippen LogP contribution in [0, 0.1) is 6.92 Å². The quantitative estimate of drug-likeness (QED) is 0.848. The molecular weight excluding hydrogens is 280 g/mol. The minimum atomic E-state index is -0.849. The van der Waals surface area contributed by atoms with Crippen LogP contribution in [0.25, 0.3) is 0 Å². The third-order valence-electron chi connectivity index (χ3n) is 3.57. The summed E-state index contributed by atoms with van der Waals surface area (Å²) < 4.78 is 10.8. The van der Waals surface area contributed by atoms with Crippen LogP contribution in [-0.2, 0) is 4.79 Å². The van der Waals surface area contributed by atoms with Crippen LogP contribution in [0.15, 0.2) is 48.5 Å². The number of ether oxygens (including phenoxy) is 2. The van der Waals surface area contributed by atoms with Crippen molar-refractivity contribution in [3.8, 4) is 11.5 Å². The second kappa shape index (κ2) is 7.50. The molecule has 0 aromatic heterocycles. The first kappa shape index (κ1) is 15.9. The van der Waals surface area contributed by atoms with Crippen LogP contribution in [0.3, 0.4) is 0 Å². The molecule has 2 aromatic rings. The highest BCUT2D eigenvalue weighted by molar-refractivity contribution is 5.76. The Morgan fingerprint density at radius 3 is 2.41 bits per heavy atom. The van der Waals surface area contributed by atoms with Gasteiger partial charge in [0.25, 0.3) is 0 Å². The maximum absolute atomic E-state index is 11.5. The third kappa shape index (κ3) is 4.01. The highest BCUT2D eigenvalue weighted by Gasteiger charge is 2.20. The molecule has 1 atom stereocenters. The normalized spacial score (nSPS) is 11.7. The molecule has 0 aliphatic rings. The van der Waals surface area contributed by atoms with Gasteiger partial charge in [0.1, 0.15) is 11.5 Å². The molecule has 0 radical (unpaired) electrons. The molecule has 2 rings (SSSR count). The van der Waals surface area contributed by atoms with Crippen molar-refractivity contribution < 1.29 is 19.4 Å². The van der Waals surface area contributed by atoms with Crippen molar-refractivity contribution in [1.29, 1.82) is 0 Å². The Morgan fingerprint density at radius 2 is 1.82 bits per heavy atom. The van der Waals surface area contributed by atoms with Gasteiger partial charge in [-0.1, -0.05) is 30.3 Å². The first-order valence-corrected chi connectivity index (χ1v) is 7.17. The van der Waals surface area contributed by atoms with E-state index >= 15 is 0 Å². The number of methoxy groups -OCH3 is 1. The average Bonchev–Trinajstić information content (AvgIpc) is 2.53. The van der Waals surface area contributed by atoms with Crippen LogP contribution in [-0.4, -0.2) is 24.8 Å². The molecule has 0 aliphatic carbocycles. The summed E-state index contributed by atoms with van der Waals surface area (Å²) in [6.07, 6.45) is 0.413. The van der Waals surface area contributed by atoms with Gasteiger partial charge in [-0.3, -0.25) is 4.79 Å². The molecule has 0 saturated heterocycles. The van der Waals surface area contributed by atoms with Gasteiger partial charge in [-0.15, -0.1) is 0 Å². The van der Waals surface area contributed by atoms with E-state index in [1.165, 1.54) is 0 Å². The van der Waals surface area contributed by atoms with Gasteiger partial charge in [-0.25, -0.2) is 0 Å². The number of hydrogen-bond acceptors (Lipinski definition) is 3. The molecule has 4 nitrogen and oxygen atoms in total. The minimum Gasteiger partial charge on any atom is -0.497 e. The van der Waals surface area contributed by atoms with Gasteiger partial charge in [-0.2, -0.15) is 0 Å². The van der Waals surface area contributed by atoms with E-state index in [9.17, 15) is 9.90 Å². The number of hydrogen-bond donors (Lipinski definition) is 1. The van der Waals surface area contributed by atoms with Gasteiger partial charge >= 0.3 is 5.97 Å². The lowest BCUT2D eigenvalue weighted by Gasteiger charge is -2.15. The number of carboxylic acid groups (broad SMARTS) is 1. The zero-order valence-corrected chi connectivity index (χ0v) is 12.8. The summed E-state index contributed by atoms with van der Waals surface area (Å²) in [6.45, 7) is 2.32. The molecule has 0 heterocycles. The Kier molecular flexibility index (Phi) is 5.42. The highest BCUT2D eigenvalue weighted by Crippen LogP contribution is 2.24. The van der Waals surface area contributed by atoms with Crippen LogP contribution in [0.4, 0.5) is 0 Å². The maximum atomic E-state index is 11.5. The molecule has 22 heavy (non-hydrogen) atoms. The summed E-state index contributed by atoms with van der Waals surface area (Å²) in [5, 5.41) is 9.42. The average molecular weight is 300 g/mol. The number of carbonyl (C=O) groups is 1. The Labute approximate surface area is 130 Å². The zero-order chi connectivity index (χ0) is 15.9. The summed E-state index contributed by atoms with van der Waals surface area (Å²) >= 11 is 0. The van der Waals surface area contributed by atoms with Crippen molar-refractivity contribution in [3.63, 3.8) is 0 Å². The summed E-state index contributed by atoms with van der Waals surface area (Å²) in [6, 6.07) is 14.8. The standard InChI is InChI=1S/C18H20O4/c1-13-5-3-4-6-17(13)22-12-11-16(18(19)20)14-7-9-15(21-2)10-8-14/h3-10,16H,11-12H2,1-2H3,(H,19,20). The fourth-order valence-corrected chi connectivity index (χ4v) is 2.27. The van der Waals surface area contributed by atoms with Gasteiger partial charge < -0.3 is 14.6 Å². The minimum absolute atomic E-state index is 0.355. The summed E-state index contributed by atoms with van der Waals surface area (Å²) in [5.41, 5.74) is 1.79. The van der Waals surface area contributed by atoms with Gasteiger partial charge in [0, 0.05) is 0 Å². The number of aryl methyl sites for hydroxylation is 1. The Hall–Kier alpha value is -2.49. The van der Waals surface area contributed by atoms with Crippen LogP contribution >= 0.6 is 0 Å². The molecular formula is C18H20O4. The van der Waals surface area contributed by atoms with Gasteiger partial charge in [-0.05, 0) is 42.7 Å². The Morgan fingerprint density at radius 1 is 1.14 bits per heavy atom. The fourth-order valence-electron chi connectivity index (χ4n) is 2.27. The number of benzene rings is 2. The maximum Gasteiger partial charge on any atom is 0.311 e. The zero-order valence-electron chi connectivity index (χ0n) is 12.8. The molecule has 0 fully saturated rings. The lowest BCUT2D eigenvalue weighted by molar-refractivity contribution is -0.139. The van der Waals surface area contributed by atoms with Gasteiger partial charge in [0.15, 0.2) is 0 Å². The highest BCUT2D eigenvalue weighted by atomic mass is 16.5. The van der Waals surface area contributed by atoms with Crippen molar-refractivity contribution in [2.45, 2.75) is 19.3 Å². The lowest BCUT2D eigenvalue weighted by atomic mass is 9.96. The summed E-state index contributed by atoms with van der Waals surface area (Å²) in [7, 11) is 1.58. The molecule has 1 unspecified atom stereocenters. The summed E-state index contributed by atoms with van der Waals surface area (Å²) in [4.78, 5) is 11.5.